The van der Waals surface area contributed by atoms with E-state index in [1.807, 2.05) is 0 Å². The van der Waals surface area contributed by atoms with Crippen molar-refractivity contribution in [2.75, 3.05) is 0 Å². The number of hydrogen-bond donors (Lipinski definition) is 1. The summed E-state index contributed by atoms with van der Waals surface area (Å²) in [6.45, 7) is 3.13. The molecule has 0 spiro atoms. The minimum absolute atomic E-state index is 0.206. The maximum Gasteiger partial charge on any atom is 0.345 e. The van der Waals surface area contributed by atoms with Crippen molar-refractivity contribution in [2.45, 2.75) is 26.2 Å². The van der Waals surface area contributed by atoms with Gasteiger partial charge in [-0.25, -0.2) is 4.79 Å². The first-order valence-corrected chi connectivity index (χ1v) is 4.68. The van der Waals surface area contributed by atoms with Crippen molar-refractivity contribution in [2.24, 2.45) is 0 Å². The minimum Gasteiger partial charge on any atom is -0.452 e. The van der Waals surface area contributed by atoms with Gasteiger partial charge in [0, 0.05) is 13.8 Å². The van der Waals surface area contributed by atoms with Crippen LogP contribution in [0.3, 0.4) is 0 Å². The number of ether oxygens (including phenoxy) is 2. The van der Waals surface area contributed by atoms with Gasteiger partial charge in [-0.1, -0.05) is 12.1 Å². The van der Waals surface area contributed by atoms with Gasteiger partial charge in [0.15, 0.2) is 0 Å². The molecule has 2 rings (SSSR count). The SMILES string of the molecule is CC1(C)OC(=O)c2c(CO)cccc2O1. The zero-order chi connectivity index (χ0) is 11.1. The maximum atomic E-state index is 11.7. The molecular weight excluding hydrogens is 196 g/mol. The molecule has 1 heterocycles. The number of esters is 1. The molecule has 1 aromatic carbocycles. The van der Waals surface area contributed by atoms with E-state index in [0.29, 0.717) is 16.9 Å². The molecule has 4 heteroatoms. The third-order valence-electron chi connectivity index (χ3n) is 2.18. The largest absolute Gasteiger partial charge is 0.452 e. The molecular formula is C11H12O4. The number of carbonyl (C=O) groups excluding carboxylic acids is 1. The van der Waals surface area contributed by atoms with Crippen molar-refractivity contribution < 1.29 is 19.4 Å². The predicted octanol–water partition coefficient (Wildman–Crippen LogP) is 1.46. The van der Waals surface area contributed by atoms with E-state index in [1.54, 1.807) is 32.0 Å². The van der Waals surface area contributed by atoms with E-state index in [2.05, 4.69) is 0 Å². The second-order valence-corrected chi connectivity index (χ2v) is 3.84. The lowest BCUT2D eigenvalue weighted by Crippen LogP contribution is -2.39. The summed E-state index contributed by atoms with van der Waals surface area (Å²) < 4.78 is 10.5. The highest BCUT2D eigenvalue weighted by Gasteiger charge is 2.34. The Labute approximate surface area is 87.4 Å². The van der Waals surface area contributed by atoms with Gasteiger partial charge in [0.2, 0.25) is 5.79 Å². The summed E-state index contributed by atoms with van der Waals surface area (Å²) in [5.74, 6) is -0.938. The summed E-state index contributed by atoms with van der Waals surface area (Å²) >= 11 is 0. The lowest BCUT2D eigenvalue weighted by Gasteiger charge is -2.32. The van der Waals surface area contributed by atoms with Gasteiger partial charge >= 0.3 is 5.97 Å². The Kier molecular flexibility index (Phi) is 2.16. The molecule has 0 aliphatic carbocycles. The molecule has 0 atom stereocenters. The first-order valence-electron chi connectivity index (χ1n) is 4.68. The van der Waals surface area contributed by atoms with Gasteiger partial charge in [-0.2, -0.15) is 0 Å². The lowest BCUT2D eigenvalue weighted by atomic mass is 10.1. The van der Waals surface area contributed by atoms with Crippen LogP contribution in [0.5, 0.6) is 5.75 Å². The molecule has 4 nitrogen and oxygen atoms in total. The third-order valence-corrected chi connectivity index (χ3v) is 2.18. The van der Waals surface area contributed by atoms with Crippen LogP contribution in [-0.4, -0.2) is 16.9 Å². The van der Waals surface area contributed by atoms with E-state index in [9.17, 15) is 4.79 Å². The molecule has 0 amide bonds. The fraction of sp³-hybridized carbons (Fsp3) is 0.364. The van der Waals surface area contributed by atoms with Crippen LogP contribution in [0, 0.1) is 0 Å². The van der Waals surface area contributed by atoms with Crippen molar-refractivity contribution in [3.8, 4) is 5.75 Å². The second-order valence-electron chi connectivity index (χ2n) is 3.84. The highest BCUT2D eigenvalue weighted by Crippen LogP contribution is 2.33. The minimum atomic E-state index is -0.946. The van der Waals surface area contributed by atoms with Gasteiger partial charge in [-0.15, -0.1) is 0 Å². The molecule has 80 valence electrons. The molecule has 0 fully saturated rings. The quantitative estimate of drug-likeness (QED) is 0.710. The Hall–Kier alpha value is -1.55. The van der Waals surface area contributed by atoms with Gasteiger partial charge in [0.25, 0.3) is 0 Å². The molecule has 0 aromatic heterocycles. The van der Waals surface area contributed by atoms with E-state index < -0.39 is 11.8 Å². The topological polar surface area (TPSA) is 55.8 Å². The van der Waals surface area contributed by atoms with Crippen LogP contribution in [0.4, 0.5) is 0 Å². The highest BCUT2D eigenvalue weighted by atomic mass is 16.7. The Morgan fingerprint density at radius 2 is 2.07 bits per heavy atom. The molecule has 1 aliphatic heterocycles. The summed E-state index contributed by atoms with van der Waals surface area (Å²) in [7, 11) is 0. The van der Waals surface area contributed by atoms with Crippen molar-refractivity contribution >= 4 is 5.97 Å². The van der Waals surface area contributed by atoms with Gasteiger partial charge in [-0.3, -0.25) is 0 Å². The van der Waals surface area contributed by atoms with Crippen LogP contribution in [0.15, 0.2) is 18.2 Å². The highest BCUT2D eigenvalue weighted by molar-refractivity contribution is 5.95. The Morgan fingerprint density at radius 1 is 1.33 bits per heavy atom. The van der Waals surface area contributed by atoms with E-state index in [0.717, 1.165) is 0 Å². The molecule has 0 bridgehead atoms. The lowest BCUT2D eigenvalue weighted by molar-refractivity contribution is -0.127. The van der Waals surface area contributed by atoms with Gasteiger partial charge in [0.05, 0.1) is 6.61 Å². The van der Waals surface area contributed by atoms with E-state index in [-0.39, 0.29) is 6.61 Å². The van der Waals surface area contributed by atoms with Crippen LogP contribution in [0.25, 0.3) is 0 Å². The standard InChI is InChI=1S/C11H12O4/c1-11(2)14-8-5-3-4-7(6-12)9(8)10(13)15-11/h3-5,12H,6H2,1-2H3. The summed E-state index contributed by atoms with van der Waals surface area (Å²) in [6.07, 6.45) is 0. The summed E-state index contributed by atoms with van der Waals surface area (Å²) in [6, 6.07) is 5.09. The van der Waals surface area contributed by atoms with Crippen LogP contribution in [-0.2, 0) is 11.3 Å². The number of hydrogen-bond acceptors (Lipinski definition) is 4. The Morgan fingerprint density at radius 3 is 2.73 bits per heavy atom. The predicted molar refractivity (Wildman–Crippen MR) is 52.5 cm³/mol. The van der Waals surface area contributed by atoms with Crippen LogP contribution < -0.4 is 4.74 Å². The average Bonchev–Trinajstić information content (AvgIpc) is 2.14. The maximum absolute atomic E-state index is 11.7. The third kappa shape index (κ3) is 1.68. The first kappa shape index (κ1) is 9.98. The molecule has 0 saturated carbocycles. The number of carbonyl (C=O) groups is 1. The second kappa shape index (κ2) is 3.24. The molecule has 1 aliphatic rings. The van der Waals surface area contributed by atoms with Crippen LogP contribution in [0.1, 0.15) is 29.8 Å². The van der Waals surface area contributed by atoms with E-state index in [1.165, 1.54) is 0 Å². The average molecular weight is 208 g/mol. The number of fused-ring (bicyclic) bond motifs is 1. The van der Waals surface area contributed by atoms with Crippen LogP contribution in [0.2, 0.25) is 0 Å². The van der Waals surface area contributed by atoms with Crippen molar-refractivity contribution in [3.05, 3.63) is 29.3 Å². The van der Waals surface area contributed by atoms with Crippen molar-refractivity contribution in [1.82, 2.24) is 0 Å². The monoisotopic (exact) mass is 208 g/mol. The zero-order valence-corrected chi connectivity index (χ0v) is 8.61. The van der Waals surface area contributed by atoms with Gasteiger partial charge < -0.3 is 14.6 Å². The summed E-state index contributed by atoms with van der Waals surface area (Å²) in [5, 5.41) is 9.08. The van der Waals surface area contributed by atoms with Crippen molar-refractivity contribution in [3.63, 3.8) is 0 Å². The summed E-state index contributed by atoms with van der Waals surface area (Å²) in [5.41, 5.74) is 0.840. The normalized spacial score (nSPS) is 17.7. The summed E-state index contributed by atoms with van der Waals surface area (Å²) in [4.78, 5) is 11.7. The number of benzene rings is 1. The first-order chi connectivity index (χ1) is 7.03. The molecule has 1 N–H and O–H groups in total. The Balaban J connectivity index is 2.54. The van der Waals surface area contributed by atoms with Gasteiger partial charge in [-0.05, 0) is 11.6 Å². The smallest absolute Gasteiger partial charge is 0.345 e. The molecule has 15 heavy (non-hydrogen) atoms. The zero-order valence-electron chi connectivity index (χ0n) is 8.61. The van der Waals surface area contributed by atoms with E-state index >= 15 is 0 Å². The Bertz CT molecular complexity index is 409. The molecule has 1 aromatic rings. The molecule has 0 radical (unpaired) electrons. The molecule has 0 unspecified atom stereocenters. The van der Waals surface area contributed by atoms with Gasteiger partial charge in [0.1, 0.15) is 11.3 Å². The van der Waals surface area contributed by atoms with Crippen molar-refractivity contribution in [1.29, 1.82) is 0 Å². The fourth-order valence-electron chi connectivity index (χ4n) is 1.58. The number of cyclic esters (lactones) is 1. The fourth-order valence-corrected chi connectivity index (χ4v) is 1.58. The number of aliphatic hydroxyl groups is 1. The molecule has 0 saturated heterocycles. The van der Waals surface area contributed by atoms with Crippen LogP contribution >= 0.6 is 0 Å². The number of aliphatic hydroxyl groups excluding tert-OH is 1. The number of rotatable bonds is 1. The van der Waals surface area contributed by atoms with E-state index in [4.69, 9.17) is 14.6 Å².